The lowest BCUT2D eigenvalue weighted by molar-refractivity contribution is -0.128. The first kappa shape index (κ1) is 23.2. The molecule has 0 aromatic carbocycles. The summed E-state index contributed by atoms with van der Waals surface area (Å²) in [5.41, 5.74) is -0.906. The Morgan fingerprint density at radius 3 is 1.81 bits per heavy atom. The standard InChI is InChI=1S/C10H20N2O3.C8H13NO3/c1-10(2,3)15-9(14)12-6-8(7-12)11-4-5-13;1-8(2,3)12-7(11)9-4-6(10)5-9/h8,11,13H,4-7H2,1-3H3;4-5H2,1-3H3. The van der Waals surface area contributed by atoms with Crippen LogP contribution in [-0.2, 0) is 14.3 Å². The minimum atomic E-state index is -0.476. The molecule has 2 rings (SSSR count). The lowest BCUT2D eigenvalue weighted by atomic mass is 10.1. The molecule has 9 nitrogen and oxygen atoms in total. The van der Waals surface area contributed by atoms with Gasteiger partial charge in [0, 0.05) is 25.7 Å². The Bertz CT molecular complexity index is 524. The number of rotatable bonds is 3. The maximum absolute atomic E-state index is 11.5. The van der Waals surface area contributed by atoms with Crippen LogP contribution in [0.3, 0.4) is 0 Å². The summed E-state index contributed by atoms with van der Waals surface area (Å²) in [5.74, 6) is 0.0841. The number of nitrogens with one attached hydrogen (secondary N) is 1. The monoisotopic (exact) mass is 387 g/mol. The fraction of sp³-hybridized carbons (Fsp3) is 0.833. The van der Waals surface area contributed by atoms with E-state index >= 15 is 0 Å². The third-order valence-corrected chi connectivity index (χ3v) is 3.46. The minimum absolute atomic E-state index is 0.0841. The van der Waals surface area contributed by atoms with Crippen LogP contribution in [0.25, 0.3) is 0 Å². The Balaban J connectivity index is 0.000000277. The molecule has 0 aromatic rings. The molecular weight excluding hydrogens is 354 g/mol. The third kappa shape index (κ3) is 9.05. The molecule has 0 bridgehead atoms. The van der Waals surface area contributed by atoms with Gasteiger partial charge in [-0.2, -0.15) is 0 Å². The van der Waals surface area contributed by atoms with Crippen molar-refractivity contribution in [1.82, 2.24) is 15.1 Å². The number of nitrogens with zero attached hydrogens (tertiary/aromatic N) is 2. The van der Waals surface area contributed by atoms with Gasteiger partial charge in [0.2, 0.25) is 0 Å². The molecule has 156 valence electrons. The van der Waals surface area contributed by atoms with Crippen LogP contribution in [0.4, 0.5) is 9.59 Å². The average molecular weight is 387 g/mol. The molecule has 2 heterocycles. The molecule has 2 amide bonds. The number of ether oxygens (including phenoxy) is 2. The van der Waals surface area contributed by atoms with Gasteiger partial charge < -0.3 is 24.8 Å². The number of likely N-dealkylation sites (tertiary alicyclic amines) is 2. The van der Waals surface area contributed by atoms with Crippen LogP contribution in [0.1, 0.15) is 41.5 Å². The van der Waals surface area contributed by atoms with Crippen molar-refractivity contribution in [2.75, 3.05) is 39.3 Å². The summed E-state index contributed by atoms with van der Waals surface area (Å²) >= 11 is 0. The fourth-order valence-electron chi connectivity index (χ4n) is 2.19. The first-order valence-electron chi connectivity index (χ1n) is 9.12. The van der Waals surface area contributed by atoms with Crippen LogP contribution in [0, 0.1) is 0 Å². The quantitative estimate of drug-likeness (QED) is 0.743. The fourth-order valence-corrected chi connectivity index (χ4v) is 2.19. The van der Waals surface area contributed by atoms with Gasteiger partial charge in [0.1, 0.15) is 11.2 Å². The number of hydrogen-bond acceptors (Lipinski definition) is 7. The molecule has 27 heavy (non-hydrogen) atoms. The molecule has 0 aromatic heterocycles. The second-order valence-corrected chi connectivity index (χ2v) is 8.64. The van der Waals surface area contributed by atoms with Crippen LogP contribution in [0.5, 0.6) is 0 Å². The predicted molar refractivity (Wildman–Crippen MR) is 99.5 cm³/mol. The second kappa shape index (κ2) is 9.36. The van der Waals surface area contributed by atoms with E-state index in [0.717, 1.165) is 0 Å². The molecule has 2 aliphatic rings. The number of Topliss-reactive ketones (excluding diaryl/α,β-unsaturated/α-hetero) is 1. The second-order valence-electron chi connectivity index (χ2n) is 8.64. The molecule has 0 radical (unpaired) electrons. The Hall–Kier alpha value is -1.87. The smallest absolute Gasteiger partial charge is 0.411 e. The van der Waals surface area contributed by atoms with Gasteiger partial charge in [-0.15, -0.1) is 0 Å². The zero-order chi connectivity index (χ0) is 20.8. The highest BCUT2D eigenvalue weighted by Crippen LogP contribution is 2.15. The highest BCUT2D eigenvalue weighted by atomic mass is 16.6. The van der Waals surface area contributed by atoms with Gasteiger partial charge in [-0.05, 0) is 41.5 Å². The lowest BCUT2D eigenvalue weighted by Gasteiger charge is -2.40. The number of ketones is 1. The zero-order valence-electron chi connectivity index (χ0n) is 17.2. The van der Waals surface area contributed by atoms with Crippen molar-refractivity contribution in [3.8, 4) is 0 Å². The summed E-state index contributed by atoms with van der Waals surface area (Å²) in [5, 5.41) is 11.7. The minimum Gasteiger partial charge on any atom is -0.444 e. The molecule has 2 saturated heterocycles. The van der Waals surface area contributed by atoms with Crippen molar-refractivity contribution >= 4 is 18.0 Å². The van der Waals surface area contributed by atoms with E-state index in [9.17, 15) is 14.4 Å². The van der Waals surface area contributed by atoms with Gasteiger partial charge in [-0.1, -0.05) is 0 Å². The van der Waals surface area contributed by atoms with Crippen LogP contribution < -0.4 is 5.32 Å². The maximum Gasteiger partial charge on any atom is 0.411 e. The first-order chi connectivity index (χ1) is 12.3. The lowest BCUT2D eigenvalue weighted by Crippen LogP contribution is -2.60. The van der Waals surface area contributed by atoms with Crippen molar-refractivity contribution in [2.24, 2.45) is 0 Å². The number of aliphatic hydroxyl groups excluding tert-OH is 1. The Morgan fingerprint density at radius 1 is 1.00 bits per heavy atom. The first-order valence-corrected chi connectivity index (χ1v) is 9.12. The largest absolute Gasteiger partial charge is 0.444 e. The van der Waals surface area contributed by atoms with Gasteiger partial charge in [0.15, 0.2) is 5.78 Å². The molecule has 0 unspecified atom stereocenters. The van der Waals surface area contributed by atoms with Gasteiger partial charge in [-0.25, -0.2) is 9.59 Å². The van der Waals surface area contributed by atoms with Crippen molar-refractivity contribution in [2.45, 2.75) is 58.8 Å². The Labute approximate surface area is 161 Å². The van der Waals surface area contributed by atoms with E-state index in [1.54, 1.807) is 25.7 Å². The molecular formula is C18H33N3O6. The normalized spacial score (nSPS) is 17.4. The van der Waals surface area contributed by atoms with Gasteiger partial charge in [0.05, 0.1) is 19.7 Å². The summed E-state index contributed by atoms with van der Waals surface area (Å²) in [7, 11) is 0. The zero-order valence-corrected chi connectivity index (χ0v) is 17.2. The van der Waals surface area contributed by atoms with Crippen molar-refractivity contribution in [1.29, 1.82) is 0 Å². The number of aliphatic hydroxyl groups is 1. The Morgan fingerprint density at radius 2 is 1.44 bits per heavy atom. The van der Waals surface area contributed by atoms with Gasteiger partial charge in [-0.3, -0.25) is 9.69 Å². The van der Waals surface area contributed by atoms with E-state index in [1.807, 2.05) is 20.8 Å². The van der Waals surface area contributed by atoms with E-state index in [4.69, 9.17) is 14.6 Å². The van der Waals surface area contributed by atoms with Crippen molar-refractivity contribution in [3.63, 3.8) is 0 Å². The summed E-state index contributed by atoms with van der Waals surface area (Å²) < 4.78 is 10.2. The molecule has 0 aliphatic carbocycles. The van der Waals surface area contributed by atoms with Crippen LogP contribution in [-0.4, -0.2) is 89.5 Å². The number of hydrogen-bond donors (Lipinski definition) is 2. The van der Waals surface area contributed by atoms with Crippen LogP contribution >= 0.6 is 0 Å². The van der Waals surface area contributed by atoms with E-state index in [2.05, 4.69) is 5.32 Å². The Kier molecular flexibility index (Phi) is 8.04. The topological polar surface area (TPSA) is 108 Å². The molecule has 2 N–H and O–H groups in total. The molecule has 2 aliphatic heterocycles. The van der Waals surface area contributed by atoms with Gasteiger partial charge >= 0.3 is 12.2 Å². The summed E-state index contributed by atoms with van der Waals surface area (Å²) in [6.45, 7) is 13.4. The van der Waals surface area contributed by atoms with E-state index < -0.39 is 17.3 Å². The van der Waals surface area contributed by atoms with Crippen LogP contribution in [0.15, 0.2) is 0 Å². The number of carbonyl (C=O) groups is 3. The molecule has 0 spiro atoms. The summed E-state index contributed by atoms with van der Waals surface area (Å²) in [6.07, 6.45) is -0.661. The van der Waals surface area contributed by atoms with E-state index in [0.29, 0.717) is 25.7 Å². The molecule has 2 fully saturated rings. The highest BCUT2D eigenvalue weighted by Gasteiger charge is 2.33. The summed E-state index contributed by atoms with van der Waals surface area (Å²) in [6, 6.07) is 0.296. The number of carbonyl (C=O) groups excluding carboxylic acids is 3. The maximum atomic E-state index is 11.5. The molecule has 0 atom stereocenters. The average Bonchev–Trinajstić information content (AvgIpc) is 2.39. The van der Waals surface area contributed by atoms with E-state index in [1.165, 1.54) is 4.90 Å². The SMILES string of the molecule is CC(C)(C)OC(=O)N1CC(=O)C1.CC(C)(C)OC(=O)N1CC(NCCO)C1. The molecule has 0 saturated carbocycles. The summed E-state index contributed by atoms with van der Waals surface area (Å²) in [4.78, 5) is 36.2. The van der Waals surface area contributed by atoms with Crippen molar-refractivity contribution in [3.05, 3.63) is 0 Å². The van der Waals surface area contributed by atoms with Crippen LogP contribution in [0.2, 0.25) is 0 Å². The molecule has 9 heteroatoms. The van der Waals surface area contributed by atoms with Gasteiger partial charge in [0.25, 0.3) is 0 Å². The predicted octanol–water partition coefficient (Wildman–Crippen LogP) is 0.994. The van der Waals surface area contributed by atoms with Crippen molar-refractivity contribution < 1.29 is 29.0 Å². The number of amides is 2. The highest BCUT2D eigenvalue weighted by molar-refractivity contribution is 5.94. The third-order valence-electron chi connectivity index (χ3n) is 3.46. The van der Waals surface area contributed by atoms with E-state index in [-0.39, 0.29) is 31.6 Å².